The molecule has 1 amide bonds. The van der Waals surface area contributed by atoms with Gasteiger partial charge in [-0.15, -0.1) is 0 Å². The molecule has 0 aliphatic heterocycles. The monoisotopic (exact) mass is 327 g/mol. The van der Waals surface area contributed by atoms with Gasteiger partial charge in [-0.2, -0.15) is 12.7 Å². The molecule has 0 saturated heterocycles. The Morgan fingerprint density at radius 2 is 1.77 bits per heavy atom. The van der Waals surface area contributed by atoms with Crippen molar-refractivity contribution in [1.82, 2.24) is 9.62 Å². The standard InChI is InChI=1S/C15H25N3O3S/c1-6-13(3)16-15(19)11-18(22(20,21)17(4)5)14-9-7-12(2)8-10-14/h7-10,13H,6,11H2,1-5H3,(H,16,19)/t13-/m1/s1. The highest BCUT2D eigenvalue weighted by Crippen LogP contribution is 2.19. The van der Waals surface area contributed by atoms with Gasteiger partial charge in [-0.1, -0.05) is 24.6 Å². The smallest absolute Gasteiger partial charge is 0.304 e. The molecule has 7 heteroatoms. The van der Waals surface area contributed by atoms with Gasteiger partial charge in [0.15, 0.2) is 0 Å². The van der Waals surface area contributed by atoms with Gasteiger partial charge in [-0.3, -0.25) is 4.79 Å². The van der Waals surface area contributed by atoms with E-state index in [-0.39, 0.29) is 18.5 Å². The fraction of sp³-hybridized carbons (Fsp3) is 0.533. The Balaban J connectivity index is 3.08. The van der Waals surface area contributed by atoms with Crippen LogP contribution in [0, 0.1) is 6.92 Å². The predicted molar refractivity (Wildman–Crippen MR) is 89.0 cm³/mol. The average Bonchev–Trinajstić information content (AvgIpc) is 2.45. The number of hydrogen-bond acceptors (Lipinski definition) is 3. The molecule has 124 valence electrons. The third-order valence-electron chi connectivity index (χ3n) is 3.37. The van der Waals surface area contributed by atoms with E-state index in [4.69, 9.17) is 0 Å². The first-order valence-corrected chi connectivity index (χ1v) is 8.64. The molecule has 0 saturated carbocycles. The van der Waals surface area contributed by atoms with Gasteiger partial charge in [0, 0.05) is 20.1 Å². The predicted octanol–water partition coefficient (Wildman–Crippen LogP) is 1.52. The molecule has 1 N–H and O–H groups in total. The average molecular weight is 327 g/mol. The van der Waals surface area contributed by atoms with E-state index in [0.717, 1.165) is 20.6 Å². The minimum Gasteiger partial charge on any atom is -0.352 e. The van der Waals surface area contributed by atoms with E-state index in [2.05, 4.69) is 5.32 Å². The van der Waals surface area contributed by atoms with Crippen LogP contribution in [0.15, 0.2) is 24.3 Å². The molecular weight excluding hydrogens is 302 g/mol. The third-order valence-corrected chi connectivity index (χ3v) is 5.19. The van der Waals surface area contributed by atoms with Crippen LogP contribution in [-0.4, -0.2) is 45.3 Å². The van der Waals surface area contributed by atoms with Gasteiger partial charge < -0.3 is 5.32 Å². The number of nitrogens with one attached hydrogen (secondary N) is 1. The molecule has 0 heterocycles. The molecule has 22 heavy (non-hydrogen) atoms. The molecule has 0 fully saturated rings. The topological polar surface area (TPSA) is 69.7 Å². The van der Waals surface area contributed by atoms with Crippen molar-refractivity contribution in [3.05, 3.63) is 29.8 Å². The third kappa shape index (κ3) is 4.71. The van der Waals surface area contributed by atoms with E-state index in [1.807, 2.05) is 32.9 Å². The van der Waals surface area contributed by atoms with Gasteiger partial charge in [-0.05, 0) is 32.4 Å². The molecule has 1 aromatic rings. The second-order valence-corrected chi connectivity index (χ2v) is 7.58. The van der Waals surface area contributed by atoms with Gasteiger partial charge >= 0.3 is 10.2 Å². The molecule has 1 aromatic carbocycles. The first-order valence-electron chi connectivity index (χ1n) is 7.24. The maximum Gasteiger partial charge on any atom is 0.304 e. The Bertz CT molecular complexity index is 597. The van der Waals surface area contributed by atoms with Crippen LogP contribution in [0.5, 0.6) is 0 Å². The van der Waals surface area contributed by atoms with Crippen LogP contribution in [0.2, 0.25) is 0 Å². The minimum absolute atomic E-state index is 0.00873. The fourth-order valence-electron chi connectivity index (χ4n) is 1.77. The number of amides is 1. The summed E-state index contributed by atoms with van der Waals surface area (Å²) in [6, 6.07) is 7.05. The lowest BCUT2D eigenvalue weighted by molar-refractivity contribution is -0.120. The maximum absolute atomic E-state index is 12.5. The number of benzene rings is 1. The molecule has 0 aliphatic rings. The number of rotatable bonds is 7. The van der Waals surface area contributed by atoms with Gasteiger partial charge in [0.1, 0.15) is 6.54 Å². The highest BCUT2D eigenvalue weighted by atomic mass is 32.2. The number of aryl methyl sites for hydroxylation is 1. The Hall–Kier alpha value is -1.60. The van der Waals surface area contributed by atoms with Crippen LogP contribution in [0.4, 0.5) is 5.69 Å². The summed E-state index contributed by atoms with van der Waals surface area (Å²) >= 11 is 0. The summed E-state index contributed by atoms with van der Waals surface area (Å²) in [6.45, 7) is 5.52. The van der Waals surface area contributed by atoms with Crippen molar-refractivity contribution in [3.63, 3.8) is 0 Å². The number of hydrogen-bond donors (Lipinski definition) is 1. The molecule has 0 unspecified atom stereocenters. The molecule has 0 aliphatic carbocycles. The largest absolute Gasteiger partial charge is 0.352 e. The van der Waals surface area contributed by atoms with Crippen LogP contribution in [-0.2, 0) is 15.0 Å². The SMILES string of the molecule is CC[C@@H](C)NC(=O)CN(c1ccc(C)cc1)S(=O)(=O)N(C)C. The number of anilines is 1. The van der Waals surface area contributed by atoms with Crippen LogP contribution in [0.3, 0.4) is 0 Å². The Morgan fingerprint density at radius 3 is 2.23 bits per heavy atom. The first-order chi connectivity index (χ1) is 10.2. The quantitative estimate of drug-likeness (QED) is 0.825. The van der Waals surface area contributed by atoms with Crippen molar-refractivity contribution >= 4 is 21.8 Å². The van der Waals surface area contributed by atoms with Crippen molar-refractivity contribution in [2.45, 2.75) is 33.2 Å². The van der Waals surface area contributed by atoms with Crippen molar-refractivity contribution in [1.29, 1.82) is 0 Å². The van der Waals surface area contributed by atoms with E-state index >= 15 is 0 Å². The normalized spacial score (nSPS) is 13.0. The van der Waals surface area contributed by atoms with E-state index in [0.29, 0.717) is 5.69 Å². The van der Waals surface area contributed by atoms with Gasteiger partial charge in [0.05, 0.1) is 5.69 Å². The van der Waals surface area contributed by atoms with E-state index in [1.165, 1.54) is 14.1 Å². The highest BCUT2D eigenvalue weighted by molar-refractivity contribution is 7.90. The minimum atomic E-state index is -3.74. The second kappa shape index (κ2) is 7.60. The maximum atomic E-state index is 12.5. The molecule has 1 atom stereocenters. The molecule has 0 spiro atoms. The molecule has 1 rings (SSSR count). The summed E-state index contributed by atoms with van der Waals surface area (Å²) < 4.78 is 27.2. The summed E-state index contributed by atoms with van der Waals surface area (Å²) in [5.74, 6) is -0.319. The highest BCUT2D eigenvalue weighted by Gasteiger charge is 2.27. The second-order valence-electron chi connectivity index (χ2n) is 5.51. The number of carbonyl (C=O) groups excluding carboxylic acids is 1. The van der Waals surface area contributed by atoms with Crippen molar-refractivity contribution in [3.8, 4) is 0 Å². The van der Waals surface area contributed by atoms with Crippen LogP contribution in [0.25, 0.3) is 0 Å². The van der Waals surface area contributed by atoms with Crippen LogP contribution >= 0.6 is 0 Å². The summed E-state index contributed by atoms with van der Waals surface area (Å²) in [5.41, 5.74) is 1.49. The van der Waals surface area contributed by atoms with Crippen molar-refractivity contribution < 1.29 is 13.2 Å². The summed E-state index contributed by atoms with van der Waals surface area (Å²) in [5, 5.41) is 2.79. The van der Waals surface area contributed by atoms with Gasteiger partial charge in [0.25, 0.3) is 0 Å². The van der Waals surface area contributed by atoms with Crippen LogP contribution in [0.1, 0.15) is 25.8 Å². The lowest BCUT2D eigenvalue weighted by Gasteiger charge is -2.27. The summed E-state index contributed by atoms with van der Waals surface area (Å²) in [4.78, 5) is 12.1. The number of nitrogens with zero attached hydrogens (tertiary/aromatic N) is 2. The van der Waals surface area contributed by atoms with Gasteiger partial charge in [0.2, 0.25) is 5.91 Å². The molecular formula is C15H25N3O3S. The zero-order valence-corrected chi connectivity index (χ0v) is 14.6. The van der Waals surface area contributed by atoms with E-state index in [1.54, 1.807) is 12.1 Å². The van der Waals surface area contributed by atoms with Crippen molar-refractivity contribution in [2.24, 2.45) is 0 Å². The van der Waals surface area contributed by atoms with E-state index < -0.39 is 10.2 Å². The van der Waals surface area contributed by atoms with E-state index in [9.17, 15) is 13.2 Å². The molecule has 0 radical (unpaired) electrons. The summed E-state index contributed by atoms with van der Waals surface area (Å²) in [7, 11) is -0.842. The van der Waals surface area contributed by atoms with Crippen LogP contribution < -0.4 is 9.62 Å². The zero-order chi connectivity index (χ0) is 16.9. The molecule has 6 nitrogen and oxygen atoms in total. The fourth-order valence-corrected chi connectivity index (χ4v) is 2.83. The first kappa shape index (κ1) is 18.4. The Kier molecular flexibility index (Phi) is 6.37. The van der Waals surface area contributed by atoms with Crippen molar-refractivity contribution in [2.75, 3.05) is 24.9 Å². The summed E-state index contributed by atoms with van der Waals surface area (Å²) in [6.07, 6.45) is 0.788. The molecule has 0 bridgehead atoms. The Labute approximate surface area is 133 Å². The molecule has 0 aromatic heterocycles. The van der Waals surface area contributed by atoms with Gasteiger partial charge in [-0.25, -0.2) is 4.31 Å². The lowest BCUT2D eigenvalue weighted by atomic mass is 10.2. The number of carbonyl (C=O) groups is 1. The zero-order valence-electron chi connectivity index (χ0n) is 13.8. The Morgan fingerprint density at radius 1 is 1.23 bits per heavy atom. The lowest BCUT2D eigenvalue weighted by Crippen LogP contribution is -2.47.